The van der Waals surface area contributed by atoms with E-state index in [4.69, 9.17) is 4.52 Å². The molecule has 0 radical (unpaired) electrons. The Morgan fingerprint density at radius 1 is 1.16 bits per heavy atom. The number of hydrogen-bond donors (Lipinski definition) is 0. The van der Waals surface area contributed by atoms with Crippen LogP contribution in [-0.2, 0) is 19.4 Å². The summed E-state index contributed by atoms with van der Waals surface area (Å²) in [5.41, 5.74) is 3.67. The van der Waals surface area contributed by atoms with Crippen molar-refractivity contribution in [2.75, 3.05) is 25.0 Å². The molecule has 25 heavy (non-hydrogen) atoms. The van der Waals surface area contributed by atoms with Crippen molar-refractivity contribution in [2.24, 2.45) is 0 Å². The maximum atomic E-state index is 5.54. The first-order chi connectivity index (χ1) is 12.3. The second-order valence-electron chi connectivity index (χ2n) is 7.80. The van der Waals surface area contributed by atoms with E-state index in [0.717, 1.165) is 55.4 Å². The maximum Gasteiger partial charge on any atom is 0.151 e. The van der Waals surface area contributed by atoms with Crippen molar-refractivity contribution in [3.05, 3.63) is 34.8 Å². The summed E-state index contributed by atoms with van der Waals surface area (Å²) < 4.78 is 5.54. The van der Waals surface area contributed by atoms with E-state index in [9.17, 15) is 0 Å². The number of rotatable bonds is 5. The highest BCUT2D eigenvalue weighted by molar-refractivity contribution is 5.42. The van der Waals surface area contributed by atoms with E-state index in [1.165, 1.54) is 31.2 Å². The molecule has 5 rings (SSSR count). The van der Waals surface area contributed by atoms with Crippen LogP contribution in [0.2, 0.25) is 0 Å². The standard InChI is InChI=1S/C19H25N5O/c1-23(12-17-15-4-2-3-5-18(15)25-22-17)14-10-24(11-14)19-9-8-16(20-21-19)13-6-7-13/h8-9,13-14H,2-7,10-12H2,1H3. The molecule has 0 N–H and O–H groups in total. The Hall–Kier alpha value is -1.95. The van der Waals surface area contributed by atoms with Crippen LogP contribution in [-0.4, -0.2) is 46.4 Å². The molecule has 0 aromatic carbocycles. The van der Waals surface area contributed by atoms with Crippen molar-refractivity contribution in [2.45, 2.75) is 57.0 Å². The van der Waals surface area contributed by atoms with Crippen LogP contribution < -0.4 is 4.90 Å². The minimum atomic E-state index is 0.542. The fourth-order valence-electron chi connectivity index (χ4n) is 3.96. The van der Waals surface area contributed by atoms with Gasteiger partial charge in [-0.15, -0.1) is 5.10 Å². The molecule has 0 spiro atoms. The van der Waals surface area contributed by atoms with Crippen LogP contribution >= 0.6 is 0 Å². The Bertz CT molecular complexity index is 746. The average Bonchev–Trinajstić information content (AvgIpc) is 3.37. The average molecular weight is 339 g/mol. The summed E-state index contributed by atoms with van der Waals surface area (Å²) in [5, 5.41) is 13.1. The van der Waals surface area contributed by atoms with Crippen LogP contribution in [0.3, 0.4) is 0 Å². The van der Waals surface area contributed by atoms with Crippen molar-refractivity contribution < 1.29 is 4.52 Å². The van der Waals surface area contributed by atoms with Crippen molar-refractivity contribution in [3.8, 4) is 0 Å². The third kappa shape index (κ3) is 2.92. The molecular weight excluding hydrogens is 314 g/mol. The van der Waals surface area contributed by atoms with Gasteiger partial charge in [0.2, 0.25) is 0 Å². The number of fused-ring (bicyclic) bond motifs is 1. The lowest BCUT2D eigenvalue weighted by Gasteiger charge is -2.44. The smallest absolute Gasteiger partial charge is 0.151 e. The third-order valence-electron chi connectivity index (χ3n) is 5.91. The van der Waals surface area contributed by atoms with Crippen LogP contribution in [0, 0.1) is 0 Å². The molecule has 6 nitrogen and oxygen atoms in total. The van der Waals surface area contributed by atoms with Gasteiger partial charge in [0.1, 0.15) is 11.5 Å². The number of likely N-dealkylation sites (N-methyl/N-ethyl adjacent to an activating group) is 1. The van der Waals surface area contributed by atoms with Crippen LogP contribution in [0.15, 0.2) is 16.7 Å². The number of aromatic nitrogens is 3. The molecule has 2 aromatic heterocycles. The Labute approximate surface area is 148 Å². The predicted octanol–water partition coefficient (Wildman–Crippen LogP) is 2.54. The van der Waals surface area contributed by atoms with E-state index in [1.54, 1.807) is 0 Å². The van der Waals surface area contributed by atoms with Crippen molar-refractivity contribution in [1.82, 2.24) is 20.3 Å². The van der Waals surface area contributed by atoms with E-state index in [1.807, 2.05) is 0 Å². The molecule has 6 heteroatoms. The van der Waals surface area contributed by atoms with E-state index >= 15 is 0 Å². The Balaban J connectivity index is 1.18. The van der Waals surface area contributed by atoms with Gasteiger partial charge in [-0.1, -0.05) is 5.16 Å². The van der Waals surface area contributed by atoms with Gasteiger partial charge in [-0.05, 0) is 51.3 Å². The quantitative estimate of drug-likeness (QED) is 0.834. The summed E-state index contributed by atoms with van der Waals surface area (Å²) in [6.45, 7) is 2.89. The summed E-state index contributed by atoms with van der Waals surface area (Å²) in [5.74, 6) is 2.80. The number of aryl methyl sites for hydroxylation is 1. The van der Waals surface area contributed by atoms with E-state index in [2.05, 4.69) is 44.3 Å². The fourth-order valence-corrected chi connectivity index (χ4v) is 3.96. The first kappa shape index (κ1) is 15.3. The monoisotopic (exact) mass is 339 g/mol. The Morgan fingerprint density at radius 2 is 2.00 bits per heavy atom. The van der Waals surface area contributed by atoms with Gasteiger partial charge in [-0.3, -0.25) is 4.90 Å². The molecule has 2 fully saturated rings. The van der Waals surface area contributed by atoms with Gasteiger partial charge in [0.25, 0.3) is 0 Å². The first-order valence-corrected chi connectivity index (χ1v) is 9.53. The van der Waals surface area contributed by atoms with Gasteiger partial charge in [0.15, 0.2) is 5.82 Å². The number of anilines is 1. The lowest BCUT2D eigenvalue weighted by atomic mass is 9.96. The van der Waals surface area contributed by atoms with Gasteiger partial charge in [-0.2, -0.15) is 5.10 Å². The van der Waals surface area contributed by atoms with Gasteiger partial charge in [-0.25, -0.2) is 0 Å². The van der Waals surface area contributed by atoms with E-state index in [-0.39, 0.29) is 0 Å². The van der Waals surface area contributed by atoms with E-state index < -0.39 is 0 Å². The van der Waals surface area contributed by atoms with E-state index in [0.29, 0.717) is 12.0 Å². The summed E-state index contributed by atoms with van der Waals surface area (Å²) in [4.78, 5) is 4.71. The molecule has 3 aliphatic rings. The number of nitrogens with zero attached hydrogens (tertiary/aromatic N) is 5. The second-order valence-corrected chi connectivity index (χ2v) is 7.80. The largest absolute Gasteiger partial charge is 0.361 e. The topological polar surface area (TPSA) is 58.3 Å². The third-order valence-corrected chi connectivity index (χ3v) is 5.91. The summed E-state index contributed by atoms with van der Waals surface area (Å²) >= 11 is 0. The zero-order valence-corrected chi connectivity index (χ0v) is 14.8. The molecule has 1 aliphatic heterocycles. The lowest BCUT2D eigenvalue weighted by Crippen LogP contribution is -2.58. The molecule has 2 aromatic rings. The molecule has 3 heterocycles. The lowest BCUT2D eigenvalue weighted by molar-refractivity contribution is 0.191. The highest BCUT2D eigenvalue weighted by atomic mass is 16.5. The minimum Gasteiger partial charge on any atom is -0.361 e. The summed E-state index contributed by atoms with van der Waals surface area (Å²) in [6.07, 6.45) is 7.22. The van der Waals surface area contributed by atoms with Gasteiger partial charge in [0, 0.05) is 43.6 Å². The molecule has 2 aliphatic carbocycles. The summed E-state index contributed by atoms with van der Waals surface area (Å²) in [6, 6.07) is 4.82. The second kappa shape index (κ2) is 6.09. The van der Waals surface area contributed by atoms with Gasteiger partial charge < -0.3 is 9.42 Å². The zero-order chi connectivity index (χ0) is 16.8. The van der Waals surface area contributed by atoms with Crippen molar-refractivity contribution in [1.29, 1.82) is 0 Å². The van der Waals surface area contributed by atoms with Crippen LogP contribution in [0.25, 0.3) is 0 Å². The van der Waals surface area contributed by atoms with Crippen molar-refractivity contribution in [3.63, 3.8) is 0 Å². The minimum absolute atomic E-state index is 0.542. The summed E-state index contributed by atoms with van der Waals surface area (Å²) in [7, 11) is 2.19. The normalized spacial score (nSPS) is 20.6. The molecule has 1 saturated carbocycles. The van der Waals surface area contributed by atoms with Crippen LogP contribution in [0.4, 0.5) is 5.82 Å². The molecule has 1 saturated heterocycles. The fraction of sp³-hybridized carbons (Fsp3) is 0.632. The molecule has 0 atom stereocenters. The first-order valence-electron chi connectivity index (χ1n) is 9.53. The molecule has 132 valence electrons. The SMILES string of the molecule is CN(Cc1noc2c1CCCC2)C1CN(c2ccc(C3CC3)nn2)C1. The Morgan fingerprint density at radius 3 is 2.76 bits per heavy atom. The molecule has 0 unspecified atom stereocenters. The maximum absolute atomic E-state index is 5.54. The Kier molecular flexibility index (Phi) is 3.73. The number of hydrogen-bond acceptors (Lipinski definition) is 6. The van der Waals surface area contributed by atoms with Gasteiger partial charge >= 0.3 is 0 Å². The zero-order valence-electron chi connectivity index (χ0n) is 14.8. The molecule has 0 bridgehead atoms. The predicted molar refractivity (Wildman–Crippen MR) is 94.6 cm³/mol. The van der Waals surface area contributed by atoms with Gasteiger partial charge in [0.05, 0.1) is 5.69 Å². The van der Waals surface area contributed by atoms with Crippen LogP contribution in [0.5, 0.6) is 0 Å². The molecule has 0 amide bonds. The van der Waals surface area contributed by atoms with Crippen molar-refractivity contribution >= 4 is 5.82 Å². The molecular formula is C19H25N5O. The highest BCUT2D eigenvalue weighted by Gasteiger charge is 2.33. The van der Waals surface area contributed by atoms with Crippen LogP contribution in [0.1, 0.15) is 54.3 Å². The highest BCUT2D eigenvalue weighted by Crippen LogP contribution is 2.39.